The van der Waals surface area contributed by atoms with E-state index in [0.29, 0.717) is 0 Å². The number of nitrogens with zero attached hydrogens (tertiary/aromatic N) is 3. The maximum absolute atomic E-state index is 4.57. The molecule has 0 saturated heterocycles. The lowest BCUT2D eigenvalue weighted by molar-refractivity contribution is 0.924. The van der Waals surface area contributed by atoms with E-state index >= 15 is 0 Å². The molecule has 0 fully saturated rings. The summed E-state index contributed by atoms with van der Waals surface area (Å²) in [5, 5.41) is 0. The van der Waals surface area contributed by atoms with Crippen LogP contribution in [0, 0.1) is 0 Å². The molecule has 0 aliphatic carbocycles. The lowest BCUT2D eigenvalue weighted by Gasteiger charge is -2.05. The first-order valence-corrected chi connectivity index (χ1v) is 4.94. The molecule has 1 heterocycles. The molecule has 2 aromatic rings. The molecule has 0 radical (unpaired) electrons. The highest BCUT2D eigenvalue weighted by molar-refractivity contribution is 5.58. The molecule has 0 aliphatic heterocycles. The Balaban J connectivity index is 2.45. The smallest absolute Gasteiger partial charge is 0.146 e. The van der Waals surface area contributed by atoms with Crippen LogP contribution in [0.5, 0.6) is 0 Å². The van der Waals surface area contributed by atoms with Crippen LogP contribution in [0.15, 0.2) is 36.5 Å². The van der Waals surface area contributed by atoms with Crippen LogP contribution in [0.3, 0.4) is 0 Å². The second kappa shape index (κ2) is 3.77. The SMILES string of the molecule is CN(C)c1cn(C)c(-c2ccccc2)n1. The standard InChI is InChI=1S/C12H15N3/c1-14(2)11-9-15(3)12(13-11)10-7-5-4-6-8-10/h4-9H,1-3H3. The lowest BCUT2D eigenvalue weighted by atomic mass is 10.2. The Hall–Kier alpha value is -1.77. The summed E-state index contributed by atoms with van der Waals surface area (Å²) in [6, 6.07) is 10.2. The van der Waals surface area contributed by atoms with Crippen LogP contribution >= 0.6 is 0 Å². The maximum Gasteiger partial charge on any atom is 0.146 e. The number of aromatic nitrogens is 2. The summed E-state index contributed by atoms with van der Waals surface area (Å²) in [4.78, 5) is 6.57. The van der Waals surface area contributed by atoms with Gasteiger partial charge < -0.3 is 9.47 Å². The second-order valence-electron chi connectivity index (χ2n) is 3.79. The molecule has 0 saturated carbocycles. The third-order valence-electron chi connectivity index (χ3n) is 2.35. The Bertz CT molecular complexity index is 443. The second-order valence-corrected chi connectivity index (χ2v) is 3.79. The van der Waals surface area contributed by atoms with E-state index in [4.69, 9.17) is 0 Å². The molecule has 3 nitrogen and oxygen atoms in total. The van der Waals surface area contributed by atoms with Crippen molar-refractivity contribution >= 4 is 5.82 Å². The molecule has 0 aliphatic rings. The van der Waals surface area contributed by atoms with Gasteiger partial charge >= 0.3 is 0 Å². The predicted molar refractivity (Wildman–Crippen MR) is 63.0 cm³/mol. The third-order valence-corrected chi connectivity index (χ3v) is 2.35. The van der Waals surface area contributed by atoms with Crippen molar-refractivity contribution in [3.05, 3.63) is 36.5 Å². The van der Waals surface area contributed by atoms with Crippen LogP contribution in [-0.4, -0.2) is 23.6 Å². The molecule has 1 aromatic carbocycles. The summed E-state index contributed by atoms with van der Waals surface area (Å²) in [6.07, 6.45) is 2.03. The average Bonchev–Trinajstić information content (AvgIpc) is 2.62. The summed E-state index contributed by atoms with van der Waals surface area (Å²) in [6.45, 7) is 0. The minimum atomic E-state index is 0.983. The van der Waals surface area contributed by atoms with E-state index < -0.39 is 0 Å². The van der Waals surface area contributed by atoms with Gasteiger partial charge in [-0.25, -0.2) is 4.98 Å². The first kappa shape index (κ1) is 9.77. The molecule has 78 valence electrons. The van der Waals surface area contributed by atoms with Crippen LogP contribution in [0.25, 0.3) is 11.4 Å². The summed E-state index contributed by atoms with van der Waals surface area (Å²) in [7, 11) is 6.01. The maximum atomic E-state index is 4.57. The van der Waals surface area contributed by atoms with Gasteiger partial charge in [0.25, 0.3) is 0 Å². The summed E-state index contributed by atoms with van der Waals surface area (Å²) < 4.78 is 2.05. The molecule has 0 N–H and O–H groups in total. The van der Waals surface area contributed by atoms with Gasteiger partial charge in [0.15, 0.2) is 0 Å². The average molecular weight is 201 g/mol. The highest BCUT2D eigenvalue weighted by Crippen LogP contribution is 2.20. The normalized spacial score (nSPS) is 10.3. The molecule has 0 bridgehead atoms. The fraction of sp³-hybridized carbons (Fsp3) is 0.250. The number of imidazole rings is 1. The van der Waals surface area contributed by atoms with Crippen molar-refractivity contribution in [1.82, 2.24) is 9.55 Å². The zero-order valence-corrected chi connectivity index (χ0v) is 9.31. The van der Waals surface area contributed by atoms with E-state index in [1.807, 2.05) is 55.0 Å². The molecular formula is C12H15N3. The van der Waals surface area contributed by atoms with Crippen molar-refractivity contribution in [3.8, 4) is 11.4 Å². The van der Waals surface area contributed by atoms with Gasteiger partial charge in [-0.2, -0.15) is 0 Å². The lowest BCUT2D eigenvalue weighted by Crippen LogP contribution is -2.08. The Morgan fingerprint density at radius 2 is 1.80 bits per heavy atom. The Kier molecular flexibility index (Phi) is 2.46. The van der Waals surface area contributed by atoms with Gasteiger partial charge in [0.2, 0.25) is 0 Å². The van der Waals surface area contributed by atoms with E-state index in [0.717, 1.165) is 17.2 Å². The zero-order chi connectivity index (χ0) is 10.8. The third kappa shape index (κ3) is 1.86. The largest absolute Gasteiger partial charge is 0.361 e. The molecule has 0 amide bonds. The fourth-order valence-electron chi connectivity index (χ4n) is 1.52. The minimum absolute atomic E-state index is 0.983. The van der Waals surface area contributed by atoms with E-state index in [-0.39, 0.29) is 0 Å². The monoisotopic (exact) mass is 201 g/mol. The van der Waals surface area contributed by atoms with Crippen molar-refractivity contribution < 1.29 is 0 Å². The van der Waals surface area contributed by atoms with Crippen molar-refractivity contribution in [1.29, 1.82) is 0 Å². The quantitative estimate of drug-likeness (QED) is 0.742. The summed E-state index contributed by atoms with van der Waals surface area (Å²) in [5.41, 5.74) is 1.15. The first-order valence-electron chi connectivity index (χ1n) is 4.94. The van der Waals surface area contributed by atoms with Crippen molar-refractivity contribution in [2.24, 2.45) is 7.05 Å². The Morgan fingerprint density at radius 1 is 1.13 bits per heavy atom. The van der Waals surface area contributed by atoms with Crippen molar-refractivity contribution in [2.45, 2.75) is 0 Å². The fourth-order valence-corrected chi connectivity index (χ4v) is 1.52. The summed E-state index contributed by atoms with van der Waals surface area (Å²) in [5.74, 6) is 1.98. The van der Waals surface area contributed by atoms with E-state index in [1.165, 1.54) is 0 Å². The summed E-state index contributed by atoms with van der Waals surface area (Å²) >= 11 is 0. The molecule has 3 heteroatoms. The molecule has 15 heavy (non-hydrogen) atoms. The first-order chi connectivity index (χ1) is 7.18. The molecular weight excluding hydrogens is 186 g/mol. The van der Waals surface area contributed by atoms with Gasteiger partial charge in [-0.05, 0) is 0 Å². The Morgan fingerprint density at radius 3 is 2.33 bits per heavy atom. The topological polar surface area (TPSA) is 21.1 Å². The van der Waals surface area contributed by atoms with Gasteiger partial charge in [0.05, 0.1) is 0 Å². The number of rotatable bonds is 2. The van der Waals surface area contributed by atoms with Crippen molar-refractivity contribution in [2.75, 3.05) is 19.0 Å². The van der Waals surface area contributed by atoms with Crippen LogP contribution < -0.4 is 4.90 Å². The van der Waals surface area contributed by atoms with Crippen LogP contribution in [0.4, 0.5) is 5.82 Å². The Labute approximate surface area is 90.0 Å². The molecule has 2 rings (SSSR count). The van der Waals surface area contributed by atoms with Crippen molar-refractivity contribution in [3.63, 3.8) is 0 Å². The number of hydrogen-bond donors (Lipinski definition) is 0. The number of benzene rings is 1. The van der Waals surface area contributed by atoms with E-state index in [1.54, 1.807) is 0 Å². The van der Waals surface area contributed by atoms with Gasteiger partial charge in [-0.3, -0.25) is 0 Å². The molecule has 0 spiro atoms. The minimum Gasteiger partial charge on any atom is -0.361 e. The van der Waals surface area contributed by atoms with E-state index in [9.17, 15) is 0 Å². The van der Waals surface area contributed by atoms with E-state index in [2.05, 4.69) is 17.1 Å². The predicted octanol–water partition coefficient (Wildman–Crippen LogP) is 2.15. The molecule has 0 atom stereocenters. The van der Waals surface area contributed by atoms with Gasteiger partial charge in [-0.15, -0.1) is 0 Å². The van der Waals surface area contributed by atoms with Crippen LogP contribution in [0.1, 0.15) is 0 Å². The zero-order valence-electron chi connectivity index (χ0n) is 9.31. The number of aryl methyl sites for hydroxylation is 1. The molecule has 1 aromatic heterocycles. The van der Waals surface area contributed by atoms with Gasteiger partial charge in [-0.1, -0.05) is 30.3 Å². The van der Waals surface area contributed by atoms with Gasteiger partial charge in [0.1, 0.15) is 11.6 Å². The van der Waals surface area contributed by atoms with Crippen LogP contribution in [0.2, 0.25) is 0 Å². The molecule has 0 unspecified atom stereocenters. The highest BCUT2D eigenvalue weighted by atomic mass is 15.2. The highest BCUT2D eigenvalue weighted by Gasteiger charge is 2.07. The number of anilines is 1. The van der Waals surface area contributed by atoms with Crippen LogP contribution in [-0.2, 0) is 7.05 Å². The number of hydrogen-bond acceptors (Lipinski definition) is 2. The van der Waals surface area contributed by atoms with Gasteiger partial charge in [0, 0.05) is 32.9 Å².